The Balaban J connectivity index is 1.36. The second-order valence-electron chi connectivity index (χ2n) is 9.09. The Labute approximate surface area is 216 Å². The van der Waals surface area contributed by atoms with Gasteiger partial charge >= 0.3 is 5.97 Å². The van der Waals surface area contributed by atoms with E-state index in [-0.39, 0.29) is 18.4 Å². The SMILES string of the molecule is CC(=O)OCC=C(C)c1ccc(CSc2ccc(C(=O)c3cc4cc(C(C)C)ccc4o3)cc2)cc1. The molecule has 5 heteroatoms. The average Bonchev–Trinajstić information content (AvgIpc) is 3.31. The molecule has 0 spiro atoms. The topological polar surface area (TPSA) is 56.5 Å². The van der Waals surface area contributed by atoms with Gasteiger partial charge in [-0.3, -0.25) is 9.59 Å². The van der Waals surface area contributed by atoms with E-state index in [1.54, 1.807) is 11.8 Å². The third kappa shape index (κ3) is 6.35. The van der Waals surface area contributed by atoms with Gasteiger partial charge in [-0.05, 0) is 83.6 Å². The Bertz CT molecular complexity index is 1390. The largest absolute Gasteiger partial charge is 0.462 e. The number of allylic oxidation sites excluding steroid dienone is 1. The maximum atomic E-state index is 13.0. The van der Waals surface area contributed by atoms with Crippen LogP contribution in [-0.2, 0) is 15.3 Å². The van der Waals surface area contributed by atoms with E-state index >= 15 is 0 Å². The summed E-state index contributed by atoms with van der Waals surface area (Å²) in [4.78, 5) is 25.0. The van der Waals surface area contributed by atoms with E-state index in [2.05, 4.69) is 44.2 Å². The van der Waals surface area contributed by atoms with Gasteiger partial charge in [0.05, 0.1) is 0 Å². The first-order chi connectivity index (χ1) is 17.3. The number of ketones is 1. The van der Waals surface area contributed by atoms with Gasteiger partial charge in [0.15, 0.2) is 5.76 Å². The lowest BCUT2D eigenvalue weighted by atomic mass is 10.0. The zero-order chi connectivity index (χ0) is 25.7. The summed E-state index contributed by atoms with van der Waals surface area (Å²) in [5, 5.41) is 0.956. The molecule has 0 aliphatic rings. The minimum Gasteiger partial charge on any atom is -0.462 e. The van der Waals surface area contributed by atoms with Crippen molar-refractivity contribution in [3.8, 4) is 0 Å². The second kappa shape index (κ2) is 11.4. The molecule has 0 radical (unpaired) electrons. The number of esters is 1. The van der Waals surface area contributed by atoms with Gasteiger partial charge in [-0.15, -0.1) is 11.8 Å². The summed E-state index contributed by atoms with van der Waals surface area (Å²) in [5.41, 5.74) is 5.95. The molecule has 0 unspecified atom stereocenters. The molecule has 4 nitrogen and oxygen atoms in total. The number of carbonyl (C=O) groups is 2. The van der Waals surface area contributed by atoms with Crippen molar-refractivity contribution in [1.82, 2.24) is 0 Å². The van der Waals surface area contributed by atoms with Crippen molar-refractivity contribution >= 4 is 40.1 Å². The highest BCUT2D eigenvalue weighted by Gasteiger charge is 2.15. The molecule has 0 atom stereocenters. The van der Waals surface area contributed by atoms with Crippen LogP contribution >= 0.6 is 11.8 Å². The van der Waals surface area contributed by atoms with Crippen LogP contribution in [0.2, 0.25) is 0 Å². The van der Waals surface area contributed by atoms with Crippen LogP contribution in [0.4, 0.5) is 0 Å². The molecule has 1 heterocycles. The summed E-state index contributed by atoms with van der Waals surface area (Å²) in [6.07, 6.45) is 1.91. The quantitative estimate of drug-likeness (QED) is 0.133. The number of furan rings is 1. The Hall–Kier alpha value is -3.57. The van der Waals surface area contributed by atoms with Gasteiger partial charge in [0.25, 0.3) is 0 Å². The number of benzene rings is 3. The van der Waals surface area contributed by atoms with Gasteiger partial charge in [-0.2, -0.15) is 0 Å². The number of thioether (sulfide) groups is 1. The smallest absolute Gasteiger partial charge is 0.302 e. The highest BCUT2D eigenvalue weighted by atomic mass is 32.2. The molecule has 3 aromatic carbocycles. The highest BCUT2D eigenvalue weighted by Crippen LogP contribution is 2.28. The molecular weight excluding hydrogens is 468 g/mol. The summed E-state index contributed by atoms with van der Waals surface area (Å²) in [6.45, 7) is 7.99. The van der Waals surface area contributed by atoms with Gasteiger partial charge in [0.2, 0.25) is 5.78 Å². The zero-order valence-electron chi connectivity index (χ0n) is 21.0. The standard InChI is InChI=1S/C31H30O4S/c1-20(2)26-11-14-29-27(17-26)18-30(35-29)31(33)25-9-12-28(13-10-25)36-19-23-5-7-24(8-6-23)21(3)15-16-34-22(4)32/h5-15,17-18,20H,16,19H2,1-4H3. The molecule has 0 saturated carbocycles. The fourth-order valence-corrected chi connectivity index (χ4v) is 4.66. The lowest BCUT2D eigenvalue weighted by molar-refractivity contribution is -0.139. The first-order valence-electron chi connectivity index (χ1n) is 12.0. The van der Waals surface area contributed by atoms with Crippen LogP contribution < -0.4 is 0 Å². The molecule has 0 amide bonds. The van der Waals surface area contributed by atoms with Crippen molar-refractivity contribution in [3.05, 3.63) is 107 Å². The van der Waals surface area contributed by atoms with Gasteiger partial charge in [-0.25, -0.2) is 0 Å². The van der Waals surface area contributed by atoms with E-state index in [1.807, 2.05) is 55.5 Å². The Morgan fingerprint density at radius 3 is 2.28 bits per heavy atom. The van der Waals surface area contributed by atoms with E-state index in [0.717, 1.165) is 32.8 Å². The third-order valence-electron chi connectivity index (χ3n) is 6.04. The van der Waals surface area contributed by atoms with Crippen molar-refractivity contribution in [2.24, 2.45) is 0 Å². The summed E-state index contributed by atoms with van der Waals surface area (Å²) in [5.74, 6) is 1.22. The van der Waals surface area contributed by atoms with Crippen LogP contribution in [-0.4, -0.2) is 18.4 Å². The minimum absolute atomic E-state index is 0.110. The predicted octanol–water partition coefficient (Wildman–Crippen LogP) is 8.05. The van der Waals surface area contributed by atoms with Gasteiger partial charge in [0, 0.05) is 28.5 Å². The molecule has 0 aliphatic carbocycles. The summed E-state index contributed by atoms with van der Waals surface area (Å²) in [7, 11) is 0. The number of hydrogen-bond donors (Lipinski definition) is 0. The second-order valence-corrected chi connectivity index (χ2v) is 10.1. The third-order valence-corrected chi connectivity index (χ3v) is 7.12. The normalized spacial score (nSPS) is 11.8. The van der Waals surface area contributed by atoms with Crippen LogP contribution in [0.1, 0.15) is 66.4 Å². The van der Waals surface area contributed by atoms with Gasteiger partial charge < -0.3 is 9.15 Å². The average molecular weight is 499 g/mol. The molecule has 184 valence electrons. The Kier molecular flexibility index (Phi) is 8.11. The molecule has 0 fully saturated rings. The van der Waals surface area contributed by atoms with E-state index in [4.69, 9.17) is 9.15 Å². The summed E-state index contributed by atoms with van der Waals surface area (Å²) < 4.78 is 10.8. The molecule has 0 bridgehead atoms. The van der Waals surface area contributed by atoms with Crippen LogP contribution in [0.25, 0.3) is 16.5 Å². The van der Waals surface area contributed by atoms with Crippen LogP contribution in [0.3, 0.4) is 0 Å². The van der Waals surface area contributed by atoms with Crippen molar-refractivity contribution in [2.75, 3.05) is 6.61 Å². The van der Waals surface area contributed by atoms with Gasteiger partial charge in [-0.1, -0.05) is 44.2 Å². The lowest BCUT2D eigenvalue weighted by Crippen LogP contribution is -1.99. The Morgan fingerprint density at radius 1 is 0.917 bits per heavy atom. The highest BCUT2D eigenvalue weighted by molar-refractivity contribution is 7.98. The van der Waals surface area contributed by atoms with E-state index in [9.17, 15) is 9.59 Å². The van der Waals surface area contributed by atoms with Crippen molar-refractivity contribution in [3.63, 3.8) is 0 Å². The lowest BCUT2D eigenvalue weighted by Gasteiger charge is -2.06. The van der Waals surface area contributed by atoms with E-state index in [0.29, 0.717) is 17.2 Å². The van der Waals surface area contributed by atoms with Crippen molar-refractivity contribution < 1.29 is 18.7 Å². The summed E-state index contributed by atoms with van der Waals surface area (Å²) >= 11 is 1.72. The number of hydrogen-bond acceptors (Lipinski definition) is 5. The van der Waals surface area contributed by atoms with E-state index < -0.39 is 0 Å². The first kappa shape index (κ1) is 25.5. The van der Waals surface area contributed by atoms with Crippen LogP contribution in [0.5, 0.6) is 0 Å². The summed E-state index contributed by atoms with van der Waals surface area (Å²) in [6, 6.07) is 24.0. The number of carbonyl (C=O) groups excluding carboxylic acids is 2. The molecule has 4 aromatic rings. The molecular formula is C31H30O4S. The van der Waals surface area contributed by atoms with E-state index in [1.165, 1.54) is 18.1 Å². The molecule has 36 heavy (non-hydrogen) atoms. The number of rotatable bonds is 9. The fraction of sp³-hybridized carbons (Fsp3) is 0.226. The number of fused-ring (bicyclic) bond motifs is 1. The molecule has 0 N–H and O–H groups in total. The Morgan fingerprint density at radius 2 is 1.61 bits per heavy atom. The number of ether oxygens (including phenoxy) is 1. The monoisotopic (exact) mass is 498 g/mol. The first-order valence-corrected chi connectivity index (χ1v) is 13.0. The molecule has 1 aromatic heterocycles. The van der Waals surface area contributed by atoms with Crippen LogP contribution in [0, 0.1) is 0 Å². The predicted molar refractivity (Wildman–Crippen MR) is 146 cm³/mol. The zero-order valence-corrected chi connectivity index (χ0v) is 21.9. The molecule has 4 rings (SSSR count). The maximum Gasteiger partial charge on any atom is 0.302 e. The fourth-order valence-electron chi connectivity index (χ4n) is 3.81. The molecule has 0 saturated heterocycles. The van der Waals surface area contributed by atoms with Crippen molar-refractivity contribution in [2.45, 2.75) is 44.3 Å². The minimum atomic E-state index is -0.279. The van der Waals surface area contributed by atoms with Crippen molar-refractivity contribution in [1.29, 1.82) is 0 Å². The molecule has 0 aliphatic heterocycles. The van der Waals surface area contributed by atoms with Crippen LogP contribution in [0.15, 0.2) is 88.2 Å². The van der Waals surface area contributed by atoms with Gasteiger partial charge in [0.1, 0.15) is 12.2 Å². The maximum absolute atomic E-state index is 13.0.